The van der Waals surface area contributed by atoms with Crippen molar-refractivity contribution in [2.24, 2.45) is 0 Å². The number of rotatable bonds is 6. The molecule has 0 spiro atoms. The van der Waals surface area contributed by atoms with Crippen molar-refractivity contribution in [1.82, 2.24) is 20.0 Å². The van der Waals surface area contributed by atoms with Gasteiger partial charge in [-0.2, -0.15) is 5.10 Å². The first-order valence-corrected chi connectivity index (χ1v) is 12.9. The number of nitrogens with zero attached hydrogens (tertiary/aromatic N) is 4. The van der Waals surface area contributed by atoms with Crippen LogP contribution in [0, 0.1) is 6.92 Å². The lowest BCUT2D eigenvalue weighted by Gasteiger charge is -2.42. The number of carbonyl (C=O) groups excluding carboxylic acids is 3. The van der Waals surface area contributed by atoms with E-state index in [2.05, 4.69) is 17.1 Å². The van der Waals surface area contributed by atoms with E-state index in [1.54, 1.807) is 24.4 Å². The van der Waals surface area contributed by atoms with Crippen molar-refractivity contribution in [3.8, 4) is 0 Å². The highest BCUT2D eigenvalue weighted by Crippen LogP contribution is 2.42. The number of benzene rings is 2. The van der Waals surface area contributed by atoms with E-state index < -0.39 is 43.0 Å². The third kappa shape index (κ3) is 4.98. The SMILES string of the molecule is Cc1cccc(N(C=O)CC(=O)N2CC(O)C(F)(F)C2)c1C1(C)CCN(C(=O)c2ccc3[nH]ncc3c2)CC1. The van der Waals surface area contributed by atoms with E-state index in [-0.39, 0.29) is 5.91 Å². The third-order valence-electron chi connectivity index (χ3n) is 8.07. The van der Waals surface area contributed by atoms with E-state index in [0.717, 1.165) is 26.9 Å². The molecule has 5 rings (SSSR count). The number of alkyl halides is 2. The molecule has 3 aromatic rings. The van der Waals surface area contributed by atoms with Crippen LogP contribution in [0.25, 0.3) is 10.9 Å². The molecule has 2 aromatic carbocycles. The average Bonchev–Trinajstić information content (AvgIpc) is 3.49. The van der Waals surface area contributed by atoms with Gasteiger partial charge in [-0.3, -0.25) is 19.5 Å². The highest BCUT2D eigenvalue weighted by molar-refractivity contribution is 5.98. The number of carbonyl (C=O) groups is 3. The second-order valence-corrected chi connectivity index (χ2v) is 10.8. The number of β-amino-alcohol motifs (C(OH)–C–C–N with tert-alkyl or cyclic N) is 1. The van der Waals surface area contributed by atoms with Gasteiger partial charge in [-0.25, -0.2) is 8.78 Å². The Morgan fingerprint density at radius 1 is 1.21 bits per heavy atom. The Morgan fingerprint density at radius 2 is 1.95 bits per heavy atom. The molecular weight excluding hydrogens is 508 g/mol. The summed E-state index contributed by atoms with van der Waals surface area (Å²) >= 11 is 0. The zero-order chi connectivity index (χ0) is 27.9. The van der Waals surface area contributed by atoms with Gasteiger partial charge in [0.15, 0.2) is 0 Å². The number of aromatic nitrogens is 2. The van der Waals surface area contributed by atoms with E-state index in [4.69, 9.17) is 0 Å². The Bertz CT molecular complexity index is 1420. The van der Waals surface area contributed by atoms with Gasteiger partial charge in [0.25, 0.3) is 11.8 Å². The summed E-state index contributed by atoms with van der Waals surface area (Å²) in [4.78, 5) is 42.2. The molecule has 11 heteroatoms. The summed E-state index contributed by atoms with van der Waals surface area (Å²) in [5.74, 6) is -4.10. The standard InChI is InChI=1S/C28H31F2N5O4/c1-18-4-3-5-22(35(17-36)15-24(38)34-14-23(37)28(29,30)16-34)25(18)27(2)8-10-33(11-9-27)26(39)19-6-7-21-20(12-19)13-31-32-21/h3-7,12-13,17,23,37H,8-11,14-16H2,1-2H3,(H,31,32). The van der Waals surface area contributed by atoms with E-state index >= 15 is 0 Å². The van der Waals surface area contributed by atoms with Crippen LogP contribution in [0.1, 0.15) is 41.3 Å². The number of aromatic amines is 1. The molecule has 2 aliphatic rings. The zero-order valence-electron chi connectivity index (χ0n) is 21.9. The Hall–Kier alpha value is -3.86. The van der Waals surface area contributed by atoms with Crippen molar-refractivity contribution in [1.29, 1.82) is 0 Å². The molecule has 0 bridgehead atoms. The fourth-order valence-electron chi connectivity index (χ4n) is 5.77. The van der Waals surface area contributed by atoms with Crippen LogP contribution < -0.4 is 4.90 Å². The second-order valence-electron chi connectivity index (χ2n) is 10.8. The maximum absolute atomic E-state index is 13.8. The van der Waals surface area contributed by atoms with Crippen molar-refractivity contribution in [3.63, 3.8) is 0 Å². The number of amides is 3. The number of fused-ring (bicyclic) bond motifs is 1. The molecule has 1 atom stereocenters. The van der Waals surface area contributed by atoms with Crippen molar-refractivity contribution < 1.29 is 28.3 Å². The lowest BCUT2D eigenvalue weighted by Crippen LogP contribution is -2.45. The van der Waals surface area contributed by atoms with Crippen LogP contribution in [0.2, 0.25) is 0 Å². The number of piperidine rings is 1. The van der Waals surface area contributed by atoms with E-state index in [0.29, 0.717) is 43.6 Å². The quantitative estimate of drug-likeness (QED) is 0.469. The summed E-state index contributed by atoms with van der Waals surface area (Å²) in [7, 11) is 0. The monoisotopic (exact) mass is 539 g/mol. The molecule has 1 aromatic heterocycles. The smallest absolute Gasteiger partial charge is 0.292 e. The first-order valence-electron chi connectivity index (χ1n) is 12.9. The largest absolute Gasteiger partial charge is 0.385 e. The van der Waals surface area contributed by atoms with E-state index in [1.165, 1.54) is 4.90 Å². The van der Waals surface area contributed by atoms with Crippen LogP contribution in [0.5, 0.6) is 0 Å². The predicted octanol–water partition coefficient (Wildman–Crippen LogP) is 2.87. The van der Waals surface area contributed by atoms with Gasteiger partial charge >= 0.3 is 0 Å². The number of hydrogen-bond acceptors (Lipinski definition) is 5. The van der Waals surface area contributed by atoms with Gasteiger partial charge in [-0.05, 0) is 60.6 Å². The summed E-state index contributed by atoms with van der Waals surface area (Å²) < 4.78 is 27.6. The number of aliphatic hydroxyl groups excluding tert-OH is 1. The lowest BCUT2D eigenvalue weighted by molar-refractivity contribution is -0.130. The predicted molar refractivity (Wildman–Crippen MR) is 141 cm³/mol. The van der Waals surface area contributed by atoms with Gasteiger partial charge in [-0.1, -0.05) is 19.1 Å². The molecule has 0 radical (unpaired) electrons. The van der Waals surface area contributed by atoms with E-state index in [1.807, 2.05) is 30.0 Å². The number of anilines is 1. The summed E-state index contributed by atoms with van der Waals surface area (Å²) in [6, 6.07) is 10.9. The van der Waals surface area contributed by atoms with Crippen LogP contribution >= 0.6 is 0 Å². The van der Waals surface area contributed by atoms with Crippen molar-refractivity contribution in [3.05, 3.63) is 59.3 Å². The zero-order valence-corrected chi connectivity index (χ0v) is 21.9. The number of halogens is 2. The Kier molecular flexibility index (Phi) is 6.88. The number of likely N-dealkylation sites (tertiary alicyclic amines) is 2. The number of nitrogens with one attached hydrogen (secondary N) is 1. The summed E-state index contributed by atoms with van der Waals surface area (Å²) in [5.41, 5.74) is 3.42. The Labute approximate surface area is 224 Å². The molecule has 1 unspecified atom stereocenters. The summed E-state index contributed by atoms with van der Waals surface area (Å²) in [6.45, 7) is 3.26. The van der Waals surface area contributed by atoms with Crippen LogP contribution in [-0.4, -0.2) is 88.1 Å². The third-order valence-corrected chi connectivity index (χ3v) is 8.07. The Balaban J connectivity index is 1.33. The molecule has 2 fully saturated rings. The maximum atomic E-state index is 13.8. The molecule has 2 aliphatic heterocycles. The molecule has 206 valence electrons. The van der Waals surface area contributed by atoms with E-state index in [9.17, 15) is 28.3 Å². The first-order chi connectivity index (χ1) is 18.5. The fraction of sp³-hybridized carbons (Fsp3) is 0.429. The van der Waals surface area contributed by atoms with Gasteiger partial charge in [0.05, 0.1) is 24.8 Å². The van der Waals surface area contributed by atoms with Gasteiger partial charge in [0.1, 0.15) is 12.6 Å². The normalized spacial score (nSPS) is 20.3. The minimum Gasteiger partial charge on any atom is -0.385 e. The number of H-pyrrole nitrogens is 1. The molecule has 2 saturated heterocycles. The lowest BCUT2D eigenvalue weighted by atomic mass is 9.72. The van der Waals surface area contributed by atoms with Gasteiger partial charge in [0, 0.05) is 29.7 Å². The van der Waals surface area contributed by atoms with Crippen LogP contribution in [-0.2, 0) is 15.0 Å². The van der Waals surface area contributed by atoms with Crippen molar-refractivity contribution in [2.75, 3.05) is 37.6 Å². The Morgan fingerprint density at radius 3 is 2.62 bits per heavy atom. The molecule has 2 N–H and O–H groups in total. The second kappa shape index (κ2) is 10.0. The summed E-state index contributed by atoms with van der Waals surface area (Å²) in [6.07, 6.45) is 1.56. The molecular formula is C28H31F2N5O4. The molecule has 39 heavy (non-hydrogen) atoms. The minimum atomic E-state index is -3.38. The average molecular weight is 540 g/mol. The molecule has 0 saturated carbocycles. The van der Waals surface area contributed by atoms with Crippen LogP contribution in [0.4, 0.5) is 14.5 Å². The van der Waals surface area contributed by atoms with Gasteiger partial charge in [0.2, 0.25) is 12.3 Å². The molecule has 0 aliphatic carbocycles. The van der Waals surface area contributed by atoms with Crippen molar-refractivity contribution >= 4 is 34.8 Å². The van der Waals surface area contributed by atoms with Crippen LogP contribution in [0.15, 0.2) is 42.6 Å². The molecule has 3 heterocycles. The van der Waals surface area contributed by atoms with Gasteiger partial charge in [-0.15, -0.1) is 0 Å². The minimum absolute atomic E-state index is 0.0603. The topological polar surface area (TPSA) is 110 Å². The first kappa shape index (κ1) is 26.7. The number of hydrogen-bond donors (Lipinski definition) is 2. The summed E-state index contributed by atoms with van der Waals surface area (Å²) in [5, 5.41) is 17.3. The number of aliphatic hydroxyl groups is 1. The van der Waals surface area contributed by atoms with Crippen LogP contribution in [0.3, 0.4) is 0 Å². The molecule has 3 amide bonds. The fourth-order valence-corrected chi connectivity index (χ4v) is 5.77. The van der Waals surface area contributed by atoms with Gasteiger partial charge < -0.3 is 19.8 Å². The highest BCUT2D eigenvalue weighted by Gasteiger charge is 2.49. The molecule has 9 nitrogen and oxygen atoms in total. The highest BCUT2D eigenvalue weighted by atomic mass is 19.3. The maximum Gasteiger partial charge on any atom is 0.292 e. The van der Waals surface area contributed by atoms with Crippen molar-refractivity contribution in [2.45, 2.75) is 44.1 Å². The number of aryl methyl sites for hydroxylation is 1.